The highest BCUT2D eigenvalue weighted by atomic mass is 16.7. The number of phenolic OH excluding ortho intramolecular Hbond substituents is 2. The van der Waals surface area contributed by atoms with E-state index >= 15 is 0 Å². The van der Waals surface area contributed by atoms with E-state index in [-0.39, 0.29) is 34.0 Å². The van der Waals surface area contributed by atoms with Crippen LogP contribution in [0.15, 0.2) is 39.5 Å². The number of phenols is 2. The van der Waals surface area contributed by atoms with Crippen LogP contribution in [-0.4, -0.2) is 82.2 Å². The van der Waals surface area contributed by atoms with Crippen molar-refractivity contribution in [3.63, 3.8) is 0 Å². The number of hydrogen-bond donors (Lipinski definition) is 6. The van der Waals surface area contributed by atoms with Crippen LogP contribution in [0, 0.1) is 0 Å². The fourth-order valence-electron chi connectivity index (χ4n) is 3.78. The Balaban J connectivity index is 1.78. The minimum absolute atomic E-state index is 0.0601. The SMILES string of the molecule is COc1cc(-c2cc(=O)c3c(O)c(OC4OC(CO)C(O)C(O)C4O)c(OC)cc3o2)ccc1O. The summed E-state index contributed by atoms with van der Waals surface area (Å²) in [6.07, 6.45) is -7.95. The summed E-state index contributed by atoms with van der Waals surface area (Å²) >= 11 is 0. The van der Waals surface area contributed by atoms with E-state index in [0.717, 1.165) is 6.07 Å². The Morgan fingerprint density at radius 1 is 0.943 bits per heavy atom. The summed E-state index contributed by atoms with van der Waals surface area (Å²) in [5, 5.41) is 60.0. The van der Waals surface area contributed by atoms with E-state index in [1.165, 1.54) is 38.5 Å². The standard InChI is InChI=1S/C23H24O12/c1-31-13-5-9(3-4-10(13)25)12-6-11(26)17-14(33-12)7-15(32-2)22(19(17)28)35-23-21(30)20(29)18(27)16(8-24)34-23/h3-7,16,18,20-21,23-25,27-30H,8H2,1-2H3. The fourth-order valence-corrected chi connectivity index (χ4v) is 3.78. The topological polar surface area (TPSA) is 189 Å². The number of methoxy groups -OCH3 is 2. The van der Waals surface area contributed by atoms with Crippen LogP contribution < -0.4 is 19.6 Å². The van der Waals surface area contributed by atoms with Gasteiger partial charge in [-0.1, -0.05) is 0 Å². The number of fused-ring (bicyclic) bond motifs is 1. The molecular weight excluding hydrogens is 468 g/mol. The Hall–Kier alpha value is -3.55. The fraction of sp³-hybridized carbons (Fsp3) is 0.348. The maximum atomic E-state index is 12.9. The van der Waals surface area contributed by atoms with Crippen LogP contribution in [0.5, 0.6) is 28.7 Å². The van der Waals surface area contributed by atoms with E-state index < -0.39 is 54.2 Å². The molecule has 12 nitrogen and oxygen atoms in total. The number of aliphatic hydroxyl groups excluding tert-OH is 4. The smallest absolute Gasteiger partial charge is 0.229 e. The zero-order chi connectivity index (χ0) is 25.4. The molecule has 2 aromatic carbocycles. The van der Waals surface area contributed by atoms with E-state index in [1.807, 2.05) is 0 Å². The number of hydrogen-bond acceptors (Lipinski definition) is 12. The van der Waals surface area contributed by atoms with Gasteiger partial charge in [-0.2, -0.15) is 0 Å². The molecule has 5 unspecified atom stereocenters. The zero-order valence-electron chi connectivity index (χ0n) is 18.6. The van der Waals surface area contributed by atoms with Gasteiger partial charge in [-0.15, -0.1) is 0 Å². The van der Waals surface area contributed by atoms with Crippen LogP contribution in [0.25, 0.3) is 22.3 Å². The summed E-state index contributed by atoms with van der Waals surface area (Å²) in [6.45, 7) is -0.681. The average Bonchev–Trinajstić information content (AvgIpc) is 2.85. The maximum absolute atomic E-state index is 12.9. The van der Waals surface area contributed by atoms with Gasteiger partial charge in [0.1, 0.15) is 41.1 Å². The Morgan fingerprint density at radius 2 is 1.66 bits per heavy atom. The van der Waals surface area contributed by atoms with Gasteiger partial charge in [-0.25, -0.2) is 0 Å². The van der Waals surface area contributed by atoms with Crippen LogP contribution >= 0.6 is 0 Å². The molecular formula is C23H24O12. The largest absolute Gasteiger partial charge is 0.504 e. The first-order valence-electron chi connectivity index (χ1n) is 10.4. The molecule has 1 aliphatic heterocycles. The van der Waals surface area contributed by atoms with Crippen molar-refractivity contribution >= 4 is 11.0 Å². The summed E-state index contributed by atoms with van der Waals surface area (Å²) in [4.78, 5) is 12.9. The van der Waals surface area contributed by atoms with Crippen molar-refractivity contribution in [2.24, 2.45) is 0 Å². The Morgan fingerprint density at radius 3 is 2.31 bits per heavy atom. The molecule has 1 aromatic heterocycles. The Kier molecular flexibility index (Phi) is 6.74. The molecule has 0 radical (unpaired) electrons. The molecule has 188 valence electrons. The van der Waals surface area contributed by atoms with Crippen molar-refractivity contribution in [1.82, 2.24) is 0 Å². The third kappa shape index (κ3) is 4.33. The average molecular weight is 492 g/mol. The van der Waals surface area contributed by atoms with Crippen LogP contribution in [0.1, 0.15) is 0 Å². The highest BCUT2D eigenvalue weighted by Gasteiger charge is 2.45. The second-order valence-corrected chi connectivity index (χ2v) is 7.81. The molecule has 1 fully saturated rings. The molecule has 1 aliphatic rings. The van der Waals surface area contributed by atoms with E-state index in [9.17, 15) is 35.4 Å². The van der Waals surface area contributed by atoms with Crippen LogP contribution in [0.3, 0.4) is 0 Å². The van der Waals surface area contributed by atoms with Crippen LogP contribution in [0.4, 0.5) is 0 Å². The molecule has 1 saturated heterocycles. The number of benzene rings is 2. The minimum atomic E-state index is -1.75. The molecule has 2 heterocycles. The summed E-state index contributed by atoms with van der Waals surface area (Å²) < 4.78 is 27.0. The van der Waals surface area contributed by atoms with E-state index in [0.29, 0.717) is 5.56 Å². The van der Waals surface area contributed by atoms with Crippen molar-refractivity contribution in [1.29, 1.82) is 0 Å². The highest BCUT2D eigenvalue weighted by Crippen LogP contribution is 2.44. The first kappa shape index (κ1) is 24.6. The number of ether oxygens (including phenoxy) is 4. The lowest BCUT2D eigenvalue weighted by atomic mass is 9.99. The van der Waals surface area contributed by atoms with Crippen LogP contribution in [0.2, 0.25) is 0 Å². The van der Waals surface area contributed by atoms with Gasteiger partial charge in [0.25, 0.3) is 0 Å². The predicted octanol–water partition coefficient (Wildman–Crippen LogP) is 0.0671. The van der Waals surface area contributed by atoms with Gasteiger partial charge < -0.3 is 54.0 Å². The van der Waals surface area contributed by atoms with Crippen molar-refractivity contribution in [2.75, 3.05) is 20.8 Å². The van der Waals surface area contributed by atoms with E-state index in [4.69, 9.17) is 23.4 Å². The van der Waals surface area contributed by atoms with Crippen molar-refractivity contribution < 1.29 is 54.0 Å². The summed E-state index contributed by atoms with van der Waals surface area (Å²) in [7, 11) is 2.63. The highest BCUT2D eigenvalue weighted by molar-refractivity contribution is 5.89. The third-order valence-electron chi connectivity index (χ3n) is 5.68. The van der Waals surface area contributed by atoms with Gasteiger partial charge in [0.15, 0.2) is 28.4 Å². The summed E-state index contributed by atoms with van der Waals surface area (Å²) in [5.41, 5.74) is -0.291. The lowest BCUT2D eigenvalue weighted by molar-refractivity contribution is -0.277. The third-order valence-corrected chi connectivity index (χ3v) is 5.68. The van der Waals surface area contributed by atoms with E-state index in [2.05, 4.69) is 0 Å². The monoisotopic (exact) mass is 492 g/mol. The van der Waals surface area contributed by atoms with Gasteiger partial charge in [0, 0.05) is 17.7 Å². The number of aromatic hydroxyl groups is 2. The van der Waals surface area contributed by atoms with Crippen LogP contribution in [-0.2, 0) is 4.74 Å². The van der Waals surface area contributed by atoms with Gasteiger partial charge in [0.05, 0.1) is 20.8 Å². The molecule has 3 aromatic rings. The quantitative estimate of drug-likeness (QED) is 0.272. The van der Waals surface area contributed by atoms with Crippen molar-refractivity contribution in [2.45, 2.75) is 30.7 Å². The zero-order valence-corrected chi connectivity index (χ0v) is 18.6. The van der Waals surface area contributed by atoms with E-state index in [1.54, 1.807) is 0 Å². The van der Waals surface area contributed by atoms with Gasteiger partial charge >= 0.3 is 0 Å². The molecule has 0 aliphatic carbocycles. The van der Waals surface area contributed by atoms with Gasteiger partial charge in [-0.05, 0) is 18.2 Å². The summed E-state index contributed by atoms with van der Waals surface area (Å²) in [6, 6.07) is 6.74. The van der Waals surface area contributed by atoms with Crippen molar-refractivity contribution in [3.05, 3.63) is 40.6 Å². The van der Waals surface area contributed by atoms with Gasteiger partial charge in [-0.3, -0.25) is 4.79 Å². The lowest BCUT2D eigenvalue weighted by Gasteiger charge is -2.39. The molecule has 12 heteroatoms. The molecule has 0 amide bonds. The number of rotatable bonds is 6. The second-order valence-electron chi connectivity index (χ2n) is 7.81. The Labute approximate surface area is 197 Å². The molecule has 5 atom stereocenters. The normalized spacial score (nSPS) is 24.3. The molecule has 0 saturated carbocycles. The number of aliphatic hydroxyl groups is 4. The first-order chi connectivity index (χ1) is 16.7. The first-order valence-corrected chi connectivity index (χ1v) is 10.4. The molecule has 35 heavy (non-hydrogen) atoms. The molecule has 0 bridgehead atoms. The maximum Gasteiger partial charge on any atom is 0.229 e. The molecule has 4 rings (SSSR count). The lowest BCUT2D eigenvalue weighted by Crippen LogP contribution is -2.60. The van der Waals surface area contributed by atoms with Gasteiger partial charge in [0.2, 0.25) is 12.0 Å². The molecule has 6 N–H and O–H groups in total. The predicted molar refractivity (Wildman–Crippen MR) is 119 cm³/mol. The minimum Gasteiger partial charge on any atom is -0.504 e. The molecule has 0 spiro atoms. The Bertz CT molecular complexity index is 1280. The second kappa shape index (κ2) is 9.60. The van der Waals surface area contributed by atoms with Crippen molar-refractivity contribution in [3.8, 4) is 40.1 Å². The summed E-state index contributed by atoms with van der Waals surface area (Å²) in [5.74, 6) is -1.00.